The number of aromatic nitrogens is 2. The Balaban J connectivity index is 2.00. The van der Waals surface area contributed by atoms with Crippen LogP contribution in [-0.4, -0.2) is 22.5 Å². The first-order valence-electron chi connectivity index (χ1n) is 6.58. The number of anilines is 1. The van der Waals surface area contributed by atoms with E-state index in [4.69, 9.17) is 0 Å². The molecule has 1 aromatic carbocycles. The molecule has 0 saturated heterocycles. The van der Waals surface area contributed by atoms with Crippen molar-refractivity contribution < 1.29 is 4.79 Å². The summed E-state index contributed by atoms with van der Waals surface area (Å²) in [4.78, 5) is 18.8. The molecule has 5 nitrogen and oxygen atoms in total. The fraction of sp³-hybridized carbons (Fsp3) is 0.333. The number of H-pyrrole nitrogens is 1. The molecule has 106 valence electrons. The van der Waals surface area contributed by atoms with Crippen LogP contribution >= 0.6 is 0 Å². The molecule has 2 amide bonds. The van der Waals surface area contributed by atoms with E-state index in [1.54, 1.807) is 12.5 Å². The van der Waals surface area contributed by atoms with Crippen LogP contribution in [0.15, 0.2) is 36.8 Å². The van der Waals surface area contributed by atoms with Gasteiger partial charge >= 0.3 is 6.03 Å². The number of carbonyl (C=O) groups excluding carboxylic acids is 1. The van der Waals surface area contributed by atoms with Crippen LogP contribution in [0.25, 0.3) is 11.3 Å². The van der Waals surface area contributed by atoms with Crippen molar-refractivity contribution in [1.29, 1.82) is 0 Å². The van der Waals surface area contributed by atoms with Crippen molar-refractivity contribution >= 4 is 11.7 Å². The first kappa shape index (κ1) is 14.1. The van der Waals surface area contributed by atoms with E-state index in [9.17, 15) is 4.79 Å². The first-order valence-corrected chi connectivity index (χ1v) is 6.58. The monoisotopic (exact) mass is 272 g/mol. The molecular formula is C15H20N4O. The molecule has 1 aromatic heterocycles. The number of imidazole rings is 1. The lowest BCUT2D eigenvalue weighted by molar-refractivity contribution is 0.247. The minimum absolute atomic E-state index is 0.0646. The van der Waals surface area contributed by atoms with Crippen LogP contribution in [0.4, 0.5) is 10.5 Å². The molecule has 5 heteroatoms. The van der Waals surface area contributed by atoms with Gasteiger partial charge < -0.3 is 15.6 Å². The van der Waals surface area contributed by atoms with E-state index in [0.29, 0.717) is 6.54 Å². The third kappa shape index (κ3) is 4.12. The van der Waals surface area contributed by atoms with E-state index in [1.165, 1.54) is 0 Å². The highest BCUT2D eigenvalue weighted by Gasteiger charge is 2.12. The van der Waals surface area contributed by atoms with E-state index in [2.05, 4.69) is 41.4 Å². The Kier molecular flexibility index (Phi) is 4.08. The summed E-state index contributed by atoms with van der Waals surface area (Å²) in [6.07, 6.45) is 3.38. The zero-order valence-corrected chi connectivity index (χ0v) is 12.0. The number of hydrogen-bond acceptors (Lipinski definition) is 2. The van der Waals surface area contributed by atoms with Gasteiger partial charge in [-0.25, -0.2) is 9.78 Å². The predicted molar refractivity (Wildman–Crippen MR) is 80.5 cm³/mol. The van der Waals surface area contributed by atoms with Gasteiger partial charge in [0.1, 0.15) is 0 Å². The number of carbonyl (C=O) groups is 1. The van der Waals surface area contributed by atoms with E-state index in [-0.39, 0.29) is 11.4 Å². The average Bonchev–Trinajstić information content (AvgIpc) is 2.90. The molecule has 0 aliphatic heterocycles. The number of benzene rings is 1. The number of urea groups is 1. The Morgan fingerprint density at radius 3 is 2.80 bits per heavy atom. The maximum Gasteiger partial charge on any atom is 0.319 e. The fourth-order valence-corrected chi connectivity index (χ4v) is 1.70. The molecule has 0 aliphatic rings. The highest BCUT2D eigenvalue weighted by molar-refractivity contribution is 5.90. The smallest absolute Gasteiger partial charge is 0.319 e. The number of aromatic amines is 1. The van der Waals surface area contributed by atoms with E-state index >= 15 is 0 Å². The van der Waals surface area contributed by atoms with Gasteiger partial charge in [0.2, 0.25) is 0 Å². The molecule has 0 fully saturated rings. The Hall–Kier alpha value is -2.30. The quantitative estimate of drug-likeness (QED) is 0.802. The lowest BCUT2D eigenvalue weighted by Gasteiger charge is -2.19. The lowest BCUT2D eigenvalue weighted by atomic mass is 9.97. The van der Waals surface area contributed by atoms with E-state index < -0.39 is 0 Å². The average molecular weight is 272 g/mol. The molecule has 0 bridgehead atoms. The van der Waals surface area contributed by atoms with Gasteiger partial charge in [0.25, 0.3) is 0 Å². The predicted octanol–water partition coefficient (Wildman–Crippen LogP) is 3.24. The zero-order valence-electron chi connectivity index (χ0n) is 12.0. The summed E-state index contributed by atoms with van der Waals surface area (Å²) >= 11 is 0. The molecule has 0 spiro atoms. The van der Waals surface area contributed by atoms with Gasteiger partial charge in [0.05, 0.1) is 18.2 Å². The van der Waals surface area contributed by atoms with Gasteiger partial charge in [-0.2, -0.15) is 0 Å². The molecule has 0 radical (unpaired) electrons. The van der Waals surface area contributed by atoms with Crippen LogP contribution < -0.4 is 10.6 Å². The van der Waals surface area contributed by atoms with Crippen molar-refractivity contribution in [3.05, 3.63) is 36.8 Å². The van der Waals surface area contributed by atoms with Crippen LogP contribution in [0.5, 0.6) is 0 Å². The normalized spacial score (nSPS) is 11.2. The fourth-order valence-electron chi connectivity index (χ4n) is 1.70. The summed E-state index contributed by atoms with van der Waals surface area (Å²) in [6, 6.07) is 7.43. The highest BCUT2D eigenvalue weighted by Crippen LogP contribution is 2.20. The number of hydrogen-bond donors (Lipinski definition) is 3. The maximum atomic E-state index is 11.8. The zero-order chi connectivity index (χ0) is 14.6. The van der Waals surface area contributed by atoms with E-state index in [1.807, 2.05) is 24.3 Å². The van der Waals surface area contributed by atoms with Crippen molar-refractivity contribution in [1.82, 2.24) is 15.3 Å². The Morgan fingerprint density at radius 1 is 1.35 bits per heavy atom. The molecule has 0 unspecified atom stereocenters. The van der Waals surface area contributed by atoms with Gasteiger partial charge in [-0.05, 0) is 17.5 Å². The Labute approximate surface area is 118 Å². The third-order valence-electron chi connectivity index (χ3n) is 2.71. The molecule has 0 atom stereocenters. The van der Waals surface area contributed by atoms with E-state index in [0.717, 1.165) is 16.9 Å². The maximum absolute atomic E-state index is 11.8. The molecule has 0 aliphatic carbocycles. The third-order valence-corrected chi connectivity index (χ3v) is 2.71. The minimum Gasteiger partial charge on any atom is -0.345 e. The second-order valence-electron chi connectivity index (χ2n) is 5.91. The summed E-state index contributed by atoms with van der Waals surface area (Å²) in [5.74, 6) is 0. The van der Waals surface area contributed by atoms with Crippen molar-refractivity contribution in [3.63, 3.8) is 0 Å². The summed E-state index contributed by atoms with van der Waals surface area (Å²) in [6.45, 7) is 6.85. The van der Waals surface area contributed by atoms with Crippen molar-refractivity contribution in [2.45, 2.75) is 20.8 Å². The molecule has 3 N–H and O–H groups in total. The van der Waals surface area contributed by atoms with Gasteiger partial charge in [-0.15, -0.1) is 0 Å². The first-order chi connectivity index (χ1) is 9.44. The molecule has 1 heterocycles. The SMILES string of the molecule is CC(C)(C)CNC(=O)Nc1cccc(-c2cnc[nH]2)c1. The standard InChI is InChI=1S/C15H20N4O/c1-15(2,3)9-17-14(20)19-12-6-4-5-11(7-12)13-8-16-10-18-13/h4-8,10H,9H2,1-3H3,(H,16,18)(H2,17,19,20). The van der Waals surface area contributed by atoms with Crippen molar-refractivity contribution in [2.24, 2.45) is 5.41 Å². The Bertz CT molecular complexity index is 570. The number of nitrogens with one attached hydrogen (secondary N) is 3. The summed E-state index contributed by atoms with van der Waals surface area (Å²) < 4.78 is 0. The van der Waals surface area contributed by atoms with Crippen LogP contribution in [0.1, 0.15) is 20.8 Å². The molecular weight excluding hydrogens is 252 g/mol. The van der Waals surface area contributed by atoms with Crippen LogP contribution in [0.3, 0.4) is 0 Å². The van der Waals surface area contributed by atoms with Gasteiger partial charge in [0, 0.05) is 17.8 Å². The summed E-state index contributed by atoms with van der Waals surface area (Å²) in [7, 11) is 0. The van der Waals surface area contributed by atoms with Crippen LogP contribution in [-0.2, 0) is 0 Å². The van der Waals surface area contributed by atoms with Gasteiger partial charge in [0.15, 0.2) is 0 Å². The van der Waals surface area contributed by atoms with Crippen molar-refractivity contribution in [2.75, 3.05) is 11.9 Å². The number of nitrogens with zero attached hydrogens (tertiary/aromatic N) is 1. The lowest BCUT2D eigenvalue weighted by Crippen LogP contribution is -2.35. The number of amides is 2. The summed E-state index contributed by atoms with van der Waals surface area (Å²) in [5.41, 5.74) is 2.72. The summed E-state index contributed by atoms with van der Waals surface area (Å²) in [5, 5.41) is 5.69. The molecule has 20 heavy (non-hydrogen) atoms. The van der Waals surface area contributed by atoms with Crippen LogP contribution in [0.2, 0.25) is 0 Å². The molecule has 2 rings (SSSR count). The molecule has 0 saturated carbocycles. The second kappa shape index (κ2) is 5.77. The topological polar surface area (TPSA) is 69.8 Å². The minimum atomic E-state index is -0.193. The highest BCUT2D eigenvalue weighted by atomic mass is 16.2. The van der Waals surface area contributed by atoms with Gasteiger partial charge in [-0.3, -0.25) is 0 Å². The van der Waals surface area contributed by atoms with Crippen LogP contribution in [0, 0.1) is 5.41 Å². The second-order valence-corrected chi connectivity index (χ2v) is 5.91. The van der Waals surface area contributed by atoms with Crippen molar-refractivity contribution in [3.8, 4) is 11.3 Å². The largest absolute Gasteiger partial charge is 0.345 e. The Morgan fingerprint density at radius 2 is 2.15 bits per heavy atom. The number of rotatable bonds is 3. The molecule has 2 aromatic rings. The van der Waals surface area contributed by atoms with Gasteiger partial charge in [-0.1, -0.05) is 32.9 Å².